The minimum Gasteiger partial charge on any atom is -0.484 e. The van der Waals surface area contributed by atoms with Gasteiger partial charge in [0, 0.05) is 53.0 Å². The maximum absolute atomic E-state index is 13.3. The molecular formula is C34H46ClN3O4S. The molecule has 1 saturated heterocycles. The van der Waals surface area contributed by atoms with Gasteiger partial charge in [-0.25, -0.2) is 0 Å². The van der Waals surface area contributed by atoms with Gasteiger partial charge in [-0.3, -0.25) is 14.5 Å². The van der Waals surface area contributed by atoms with Gasteiger partial charge in [0.25, 0.3) is 11.5 Å². The van der Waals surface area contributed by atoms with E-state index in [1.807, 2.05) is 26.2 Å². The van der Waals surface area contributed by atoms with E-state index in [-0.39, 0.29) is 24.1 Å². The van der Waals surface area contributed by atoms with Crippen LogP contribution in [0.15, 0.2) is 21.8 Å². The molecule has 2 saturated carbocycles. The molecule has 0 radical (unpaired) electrons. The lowest BCUT2D eigenvalue weighted by Gasteiger charge is -2.40. The van der Waals surface area contributed by atoms with Crippen LogP contribution in [0.25, 0.3) is 0 Å². The summed E-state index contributed by atoms with van der Waals surface area (Å²) in [6, 6.07) is 4.26. The van der Waals surface area contributed by atoms with Gasteiger partial charge in [-0.15, -0.1) is 11.8 Å². The second-order valence-electron chi connectivity index (χ2n) is 13.4. The van der Waals surface area contributed by atoms with Crippen molar-refractivity contribution in [2.45, 2.75) is 102 Å². The van der Waals surface area contributed by atoms with E-state index in [4.69, 9.17) is 21.1 Å². The zero-order valence-corrected chi connectivity index (χ0v) is 27.6. The molecule has 0 bridgehead atoms. The number of rotatable bonds is 10. The maximum atomic E-state index is 13.3. The Morgan fingerprint density at radius 2 is 1.98 bits per heavy atom. The lowest BCUT2D eigenvalue weighted by atomic mass is 9.81. The number of hydrogen-bond donors (Lipinski definition) is 2. The molecule has 1 aromatic heterocycles. The van der Waals surface area contributed by atoms with Gasteiger partial charge in [0.05, 0.1) is 5.02 Å². The molecular weight excluding hydrogens is 582 g/mol. The zero-order chi connectivity index (χ0) is 30.3. The highest BCUT2D eigenvalue weighted by atomic mass is 35.5. The van der Waals surface area contributed by atoms with Crippen LogP contribution in [0.4, 0.5) is 0 Å². The van der Waals surface area contributed by atoms with Crippen LogP contribution in [0.3, 0.4) is 0 Å². The maximum Gasteiger partial charge on any atom is 0.254 e. The summed E-state index contributed by atoms with van der Waals surface area (Å²) in [7, 11) is 0. The van der Waals surface area contributed by atoms with Crippen LogP contribution in [0.2, 0.25) is 5.02 Å². The van der Waals surface area contributed by atoms with Crippen molar-refractivity contribution < 1.29 is 14.3 Å². The number of carbonyl (C=O) groups excluding carboxylic acids is 1. The van der Waals surface area contributed by atoms with Gasteiger partial charge in [0.2, 0.25) is 0 Å². The predicted molar refractivity (Wildman–Crippen MR) is 173 cm³/mol. The van der Waals surface area contributed by atoms with Crippen LogP contribution in [0, 0.1) is 31.1 Å². The van der Waals surface area contributed by atoms with Gasteiger partial charge >= 0.3 is 0 Å². The topological polar surface area (TPSA) is 83.7 Å². The number of aromatic nitrogens is 1. The Hall–Kier alpha value is -2.16. The largest absolute Gasteiger partial charge is 0.484 e. The first kappa shape index (κ1) is 30.8. The van der Waals surface area contributed by atoms with E-state index in [0.717, 1.165) is 29.3 Å². The molecule has 0 unspecified atom stereocenters. The van der Waals surface area contributed by atoms with Crippen molar-refractivity contribution in [3.63, 3.8) is 0 Å². The standard InChI is InChI=1S/C34H46ClN3O4S/c1-5-6-7-12-34-15-23(34)17-38(19-34)24-10-8-22(9-11-24)28-18-41-31-27(35)14-25(21(3)30(31)42-28)32(39)36-16-26-29(43-4)13-20(2)37-33(26)40/h13-14,22-24,28H,5-12,15-19H2,1-4H3,(H,36,39)(H,37,40)/t22-,23-,24+,28-,34-/m1/s1. The average molecular weight is 628 g/mol. The number of benzene rings is 1. The van der Waals surface area contributed by atoms with Crippen LogP contribution in [-0.2, 0) is 6.54 Å². The van der Waals surface area contributed by atoms with E-state index >= 15 is 0 Å². The lowest BCUT2D eigenvalue weighted by molar-refractivity contribution is 0.0200. The fourth-order valence-corrected chi connectivity index (χ4v) is 8.92. The first-order valence-electron chi connectivity index (χ1n) is 16.1. The van der Waals surface area contributed by atoms with Crippen molar-refractivity contribution in [1.29, 1.82) is 0 Å². The smallest absolute Gasteiger partial charge is 0.254 e. The number of nitrogens with one attached hydrogen (secondary N) is 2. The quantitative estimate of drug-likeness (QED) is 0.220. The summed E-state index contributed by atoms with van der Waals surface area (Å²) in [4.78, 5) is 32.4. The number of pyridine rings is 1. The summed E-state index contributed by atoms with van der Waals surface area (Å²) in [5.41, 5.74) is 2.94. The summed E-state index contributed by atoms with van der Waals surface area (Å²) >= 11 is 8.10. The molecule has 2 N–H and O–H groups in total. The van der Waals surface area contributed by atoms with Crippen LogP contribution >= 0.6 is 23.4 Å². The number of ether oxygens (including phenoxy) is 2. The highest BCUT2D eigenvalue weighted by Crippen LogP contribution is 2.61. The van der Waals surface area contributed by atoms with E-state index in [9.17, 15) is 9.59 Å². The fourth-order valence-electron chi connectivity index (χ4n) is 7.96. The number of amides is 1. The number of likely N-dealkylation sites (tertiary alicyclic amines) is 1. The van der Waals surface area contributed by atoms with Gasteiger partial charge < -0.3 is 19.8 Å². The minimum atomic E-state index is -0.295. The Kier molecular flexibility index (Phi) is 9.10. The summed E-state index contributed by atoms with van der Waals surface area (Å²) in [5.74, 6) is 2.16. The van der Waals surface area contributed by atoms with E-state index in [1.165, 1.54) is 69.8 Å². The van der Waals surface area contributed by atoms with Crippen LogP contribution in [0.5, 0.6) is 11.5 Å². The average Bonchev–Trinajstić information content (AvgIpc) is 3.56. The lowest BCUT2D eigenvalue weighted by Crippen LogP contribution is -2.43. The fraction of sp³-hybridized carbons (Fsp3) is 0.647. The number of unbranched alkanes of at least 4 members (excludes halogenated alkanes) is 2. The molecule has 2 aliphatic carbocycles. The molecule has 3 atom stereocenters. The summed E-state index contributed by atoms with van der Waals surface area (Å²) in [6.45, 7) is 9.25. The Morgan fingerprint density at radius 1 is 1.19 bits per heavy atom. The van der Waals surface area contributed by atoms with Crippen LogP contribution in [0.1, 0.15) is 91.9 Å². The van der Waals surface area contributed by atoms with Gasteiger partial charge in [-0.05, 0) is 88.0 Å². The number of halogens is 1. The number of carbonyl (C=O) groups is 1. The number of aromatic amines is 1. The van der Waals surface area contributed by atoms with Crippen molar-refractivity contribution in [3.8, 4) is 11.5 Å². The number of nitrogens with zero attached hydrogens (tertiary/aromatic N) is 1. The van der Waals surface area contributed by atoms with Crippen molar-refractivity contribution >= 4 is 29.3 Å². The Bertz CT molecular complexity index is 1420. The predicted octanol–water partition coefficient (Wildman–Crippen LogP) is 6.90. The number of thioether (sulfide) groups is 1. The third-order valence-corrected chi connectivity index (χ3v) is 11.7. The molecule has 3 heterocycles. The first-order valence-corrected chi connectivity index (χ1v) is 17.7. The van der Waals surface area contributed by atoms with Gasteiger partial charge in [-0.1, -0.05) is 37.8 Å². The van der Waals surface area contributed by atoms with Gasteiger partial charge in [0.1, 0.15) is 12.7 Å². The second kappa shape index (κ2) is 12.7. The molecule has 9 heteroatoms. The van der Waals surface area contributed by atoms with Gasteiger partial charge in [-0.2, -0.15) is 0 Å². The molecule has 43 heavy (non-hydrogen) atoms. The van der Waals surface area contributed by atoms with E-state index < -0.39 is 0 Å². The van der Waals surface area contributed by atoms with Crippen molar-refractivity contribution in [3.05, 3.63) is 49.9 Å². The second-order valence-corrected chi connectivity index (χ2v) is 14.6. The Balaban J connectivity index is 1.07. The third-order valence-electron chi connectivity index (χ3n) is 10.6. The molecule has 7 nitrogen and oxygen atoms in total. The molecule has 1 amide bonds. The molecule has 2 aliphatic heterocycles. The van der Waals surface area contributed by atoms with Gasteiger partial charge in [0.15, 0.2) is 11.5 Å². The number of hydrogen-bond acceptors (Lipinski definition) is 6. The number of H-pyrrole nitrogens is 1. The molecule has 234 valence electrons. The summed E-state index contributed by atoms with van der Waals surface area (Å²) in [6.07, 6.45) is 13.5. The minimum absolute atomic E-state index is 0.0517. The number of piperidine rings is 1. The normalized spacial score (nSPS) is 28.0. The number of fused-ring (bicyclic) bond motifs is 2. The highest BCUT2D eigenvalue weighted by Gasteiger charge is 2.59. The Labute approximate surface area is 264 Å². The van der Waals surface area contributed by atoms with E-state index in [1.54, 1.807) is 6.07 Å². The highest BCUT2D eigenvalue weighted by molar-refractivity contribution is 7.98. The Morgan fingerprint density at radius 3 is 2.72 bits per heavy atom. The summed E-state index contributed by atoms with van der Waals surface area (Å²) < 4.78 is 12.8. The SMILES string of the molecule is CCCCC[C@]12C[C@@H]1CN([C@H]1CC[C@@H]([C@H]3COc4c(Cl)cc(C(=O)NCc5c(SC)cc(C)[nH]c5=O)c(C)c4O3)CC1)C2. The van der Waals surface area contributed by atoms with E-state index in [0.29, 0.717) is 57.2 Å². The van der Waals surface area contributed by atoms with E-state index in [2.05, 4.69) is 22.1 Å². The molecule has 3 fully saturated rings. The van der Waals surface area contributed by atoms with Crippen molar-refractivity contribution in [1.82, 2.24) is 15.2 Å². The van der Waals surface area contributed by atoms with Crippen molar-refractivity contribution in [2.24, 2.45) is 17.3 Å². The monoisotopic (exact) mass is 627 g/mol. The molecule has 0 spiro atoms. The first-order chi connectivity index (χ1) is 20.7. The zero-order valence-electron chi connectivity index (χ0n) is 26.0. The number of aryl methyl sites for hydroxylation is 1. The molecule has 2 aromatic rings. The van der Waals surface area contributed by atoms with Crippen LogP contribution < -0.4 is 20.3 Å². The van der Waals surface area contributed by atoms with Crippen LogP contribution in [-0.4, -0.2) is 53.9 Å². The van der Waals surface area contributed by atoms with Crippen molar-refractivity contribution in [2.75, 3.05) is 26.0 Å². The summed E-state index contributed by atoms with van der Waals surface area (Å²) in [5, 5.41) is 3.29. The molecule has 6 rings (SSSR count). The molecule has 1 aromatic carbocycles. The third kappa shape index (κ3) is 6.21. The molecule has 4 aliphatic rings.